The van der Waals surface area contributed by atoms with Crippen LogP contribution in [0, 0.1) is 0 Å². The number of anilines is 1. The van der Waals surface area contributed by atoms with Crippen molar-refractivity contribution in [3.63, 3.8) is 0 Å². The summed E-state index contributed by atoms with van der Waals surface area (Å²) in [5.74, 6) is -1.80. The first-order chi connectivity index (χ1) is 11.4. The van der Waals surface area contributed by atoms with Gasteiger partial charge in [-0.1, -0.05) is 36.4 Å². The largest absolute Gasteiger partial charge is 0.507 e. The molecular weight excluding hydrogens is 308 g/mol. The van der Waals surface area contributed by atoms with E-state index in [-0.39, 0.29) is 11.3 Å². The first-order valence-corrected chi connectivity index (χ1v) is 6.99. The zero-order chi connectivity index (χ0) is 17.7. The summed E-state index contributed by atoms with van der Waals surface area (Å²) in [5.41, 5.74) is 11.2. The zero-order valence-electron chi connectivity index (χ0n) is 12.6. The molecule has 0 aliphatic rings. The van der Waals surface area contributed by atoms with E-state index in [1.165, 1.54) is 12.1 Å². The lowest BCUT2D eigenvalue weighted by Gasteiger charge is -2.02. The summed E-state index contributed by atoms with van der Waals surface area (Å²) >= 11 is 0. The van der Waals surface area contributed by atoms with Gasteiger partial charge in [0.25, 0.3) is 5.91 Å². The van der Waals surface area contributed by atoms with Crippen LogP contribution >= 0.6 is 0 Å². The molecule has 0 saturated carbocycles. The molecule has 0 bridgehead atoms. The molecule has 3 aromatic carbocycles. The van der Waals surface area contributed by atoms with Crippen molar-refractivity contribution in [1.29, 1.82) is 0 Å². The fraction of sp³-hybridized carbons (Fsp3) is 0. The number of carbonyl (C=O) groups is 2. The van der Waals surface area contributed by atoms with Crippen molar-refractivity contribution in [3.05, 3.63) is 71.8 Å². The SMILES string of the molecule is NC(=O)c1ccccc1N.O=C(O)c1cc2ccccc2cc1O. The molecule has 0 radical (unpaired) electrons. The van der Waals surface area contributed by atoms with Crippen LogP contribution < -0.4 is 11.5 Å². The van der Waals surface area contributed by atoms with Gasteiger partial charge in [-0.15, -0.1) is 0 Å². The Kier molecular flexibility index (Phi) is 5.01. The van der Waals surface area contributed by atoms with Gasteiger partial charge in [0.05, 0.1) is 5.56 Å². The van der Waals surface area contributed by atoms with Gasteiger partial charge < -0.3 is 21.7 Å². The number of fused-ring (bicyclic) bond motifs is 1. The number of carboxylic acid groups (broad SMARTS) is 1. The van der Waals surface area contributed by atoms with Crippen LogP contribution in [-0.2, 0) is 0 Å². The third-order valence-electron chi connectivity index (χ3n) is 3.32. The monoisotopic (exact) mass is 324 g/mol. The Hall–Kier alpha value is -3.54. The molecule has 24 heavy (non-hydrogen) atoms. The van der Waals surface area contributed by atoms with E-state index in [0.29, 0.717) is 11.3 Å². The number of carbonyl (C=O) groups excluding carboxylic acids is 1. The van der Waals surface area contributed by atoms with E-state index in [0.717, 1.165) is 10.8 Å². The molecule has 0 saturated heterocycles. The molecule has 0 unspecified atom stereocenters. The molecule has 0 aliphatic carbocycles. The molecule has 0 spiro atoms. The molecule has 6 N–H and O–H groups in total. The maximum absolute atomic E-state index is 10.7. The van der Waals surface area contributed by atoms with E-state index in [4.69, 9.17) is 16.6 Å². The van der Waals surface area contributed by atoms with Gasteiger partial charge in [-0.2, -0.15) is 0 Å². The topological polar surface area (TPSA) is 127 Å². The standard InChI is InChI=1S/C11H8O3.C7H8N2O/c12-10-6-8-4-2-1-3-7(8)5-9(10)11(13)14;8-6-4-2-1-3-5(6)7(9)10/h1-6,12H,(H,13,14);1-4H,8H2,(H2,9,10). The number of aromatic hydroxyl groups is 1. The lowest BCUT2D eigenvalue weighted by Crippen LogP contribution is -2.12. The Balaban J connectivity index is 0.000000185. The quantitative estimate of drug-likeness (QED) is 0.539. The summed E-state index contributed by atoms with van der Waals surface area (Å²) in [5, 5.41) is 19.8. The van der Waals surface area contributed by atoms with Gasteiger partial charge in [-0.3, -0.25) is 4.79 Å². The molecule has 0 atom stereocenters. The number of hydrogen-bond acceptors (Lipinski definition) is 4. The third-order valence-corrected chi connectivity index (χ3v) is 3.32. The van der Waals surface area contributed by atoms with Crippen molar-refractivity contribution in [2.24, 2.45) is 5.73 Å². The number of hydrogen-bond donors (Lipinski definition) is 4. The van der Waals surface area contributed by atoms with Crippen molar-refractivity contribution in [2.45, 2.75) is 0 Å². The Bertz CT molecular complexity index is 906. The highest BCUT2D eigenvalue weighted by Crippen LogP contribution is 2.24. The Morgan fingerprint density at radius 1 is 0.833 bits per heavy atom. The highest BCUT2D eigenvalue weighted by atomic mass is 16.4. The Labute approximate surface area is 137 Å². The van der Waals surface area contributed by atoms with Crippen molar-refractivity contribution >= 4 is 28.3 Å². The maximum Gasteiger partial charge on any atom is 0.339 e. The molecule has 1 amide bonds. The number of rotatable bonds is 2. The first kappa shape index (κ1) is 16.8. The fourth-order valence-corrected chi connectivity index (χ4v) is 2.12. The van der Waals surface area contributed by atoms with Crippen LogP contribution in [0.3, 0.4) is 0 Å². The van der Waals surface area contributed by atoms with E-state index in [2.05, 4.69) is 0 Å². The van der Waals surface area contributed by atoms with Crippen molar-refractivity contribution < 1.29 is 19.8 Å². The Morgan fingerprint density at radius 2 is 1.38 bits per heavy atom. The van der Waals surface area contributed by atoms with Crippen LogP contribution in [0.4, 0.5) is 5.69 Å². The van der Waals surface area contributed by atoms with Crippen LogP contribution in [0.25, 0.3) is 10.8 Å². The van der Waals surface area contributed by atoms with Gasteiger partial charge in [0.1, 0.15) is 11.3 Å². The van der Waals surface area contributed by atoms with Crippen LogP contribution in [0.15, 0.2) is 60.7 Å². The highest BCUT2D eigenvalue weighted by Gasteiger charge is 2.09. The lowest BCUT2D eigenvalue weighted by atomic mass is 10.1. The minimum Gasteiger partial charge on any atom is -0.507 e. The maximum atomic E-state index is 10.7. The average molecular weight is 324 g/mol. The summed E-state index contributed by atoms with van der Waals surface area (Å²) in [7, 11) is 0. The van der Waals surface area contributed by atoms with Gasteiger partial charge in [0, 0.05) is 5.69 Å². The minimum atomic E-state index is -1.12. The smallest absolute Gasteiger partial charge is 0.339 e. The molecule has 122 valence electrons. The number of aromatic carboxylic acids is 1. The van der Waals surface area contributed by atoms with E-state index < -0.39 is 11.9 Å². The number of benzene rings is 3. The number of primary amides is 1. The molecule has 6 heteroatoms. The second-order valence-corrected chi connectivity index (χ2v) is 4.97. The predicted octanol–water partition coefficient (Wildman–Crippen LogP) is 2.61. The van der Waals surface area contributed by atoms with Gasteiger partial charge in [0.2, 0.25) is 0 Å². The van der Waals surface area contributed by atoms with E-state index in [1.807, 2.05) is 18.2 Å². The molecule has 0 fully saturated rings. The van der Waals surface area contributed by atoms with Crippen molar-refractivity contribution in [2.75, 3.05) is 5.73 Å². The van der Waals surface area contributed by atoms with Gasteiger partial charge in [0.15, 0.2) is 0 Å². The number of carboxylic acids is 1. The van der Waals surface area contributed by atoms with Crippen LogP contribution in [-0.4, -0.2) is 22.1 Å². The molecular formula is C18H16N2O4. The summed E-state index contributed by atoms with van der Waals surface area (Å²) in [4.78, 5) is 21.3. The van der Waals surface area contributed by atoms with Crippen LogP contribution in [0.2, 0.25) is 0 Å². The zero-order valence-corrected chi connectivity index (χ0v) is 12.6. The van der Waals surface area contributed by atoms with Crippen molar-refractivity contribution in [3.8, 4) is 5.75 Å². The van der Waals surface area contributed by atoms with E-state index >= 15 is 0 Å². The molecule has 0 heterocycles. The number of phenols is 1. The third kappa shape index (κ3) is 3.80. The molecule has 3 aromatic rings. The number of nitrogen functional groups attached to an aromatic ring is 1. The summed E-state index contributed by atoms with van der Waals surface area (Å²) in [6, 6.07) is 16.9. The summed E-state index contributed by atoms with van der Waals surface area (Å²) in [6.07, 6.45) is 0. The highest BCUT2D eigenvalue weighted by molar-refractivity contribution is 5.98. The summed E-state index contributed by atoms with van der Waals surface area (Å²) < 4.78 is 0. The number of para-hydroxylation sites is 1. The molecule has 3 rings (SSSR count). The van der Waals surface area contributed by atoms with E-state index in [1.54, 1.807) is 30.3 Å². The van der Waals surface area contributed by atoms with Crippen LogP contribution in [0.5, 0.6) is 5.75 Å². The normalized spacial score (nSPS) is 9.83. The lowest BCUT2D eigenvalue weighted by molar-refractivity contribution is 0.0693. The van der Waals surface area contributed by atoms with E-state index in [9.17, 15) is 14.7 Å². The molecule has 6 nitrogen and oxygen atoms in total. The van der Waals surface area contributed by atoms with Gasteiger partial charge >= 0.3 is 5.97 Å². The Morgan fingerprint density at radius 3 is 1.88 bits per heavy atom. The second-order valence-electron chi connectivity index (χ2n) is 4.97. The minimum absolute atomic E-state index is 0.0660. The number of amides is 1. The average Bonchev–Trinajstić information content (AvgIpc) is 2.54. The first-order valence-electron chi connectivity index (χ1n) is 6.99. The molecule has 0 aliphatic heterocycles. The van der Waals surface area contributed by atoms with Gasteiger partial charge in [-0.25, -0.2) is 4.79 Å². The van der Waals surface area contributed by atoms with Gasteiger partial charge in [-0.05, 0) is 35.0 Å². The second kappa shape index (κ2) is 7.15. The predicted molar refractivity (Wildman–Crippen MR) is 91.9 cm³/mol. The molecule has 0 aromatic heterocycles. The summed E-state index contributed by atoms with van der Waals surface area (Å²) in [6.45, 7) is 0. The van der Waals surface area contributed by atoms with Crippen molar-refractivity contribution in [1.82, 2.24) is 0 Å². The van der Waals surface area contributed by atoms with Crippen LogP contribution in [0.1, 0.15) is 20.7 Å². The fourth-order valence-electron chi connectivity index (χ4n) is 2.12. The number of nitrogens with two attached hydrogens (primary N) is 2.